The van der Waals surface area contributed by atoms with E-state index in [0.717, 1.165) is 33.5 Å². The van der Waals surface area contributed by atoms with Crippen LogP contribution in [0.1, 0.15) is 0 Å². The van der Waals surface area contributed by atoms with E-state index in [4.69, 9.17) is 15.0 Å². The van der Waals surface area contributed by atoms with E-state index in [9.17, 15) is 0 Å². The SMILES string of the molecule is c1ccc(-c2nc(-c3ccccc3)nc(-c3cc4sc5ccc(-n6c7ccccc7c7cc8c9ccccc9n(-c9ccccc9)c8cc76)cc5c4c4ccccc34)n2)cc1. The monoisotopic (exact) mass is 795 g/mol. The van der Waals surface area contributed by atoms with Crippen LogP contribution in [0.15, 0.2) is 200 Å². The molecule has 0 amide bonds. The standard InChI is InChI=1S/C55H33N5S/c1-4-16-34(17-5-1)53-56-54(35-18-6-2-7-19-35)58-55(57-53)44-32-51-52(41-25-11-10-22-38(41)44)45-30-37(28-29-50(45)61-51)60-47-27-15-13-24-40(47)43-31-42-39-23-12-14-26-46(39)59(48(42)33-49(43)60)36-20-8-3-9-21-36/h1-33H. The molecule has 13 aromatic rings. The molecule has 0 saturated carbocycles. The van der Waals surface area contributed by atoms with Gasteiger partial charge in [0, 0.05) is 69.8 Å². The molecule has 0 bridgehead atoms. The Balaban J connectivity index is 1.05. The summed E-state index contributed by atoms with van der Waals surface area (Å²) in [4.78, 5) is 15.3. The van der Waals surface area contributed by atoms with Crippen molar-refractivity contribution >= 4 is 85.9 Å². The van der Waals surface area contributed by atoms with Gasteiger partial charge in [0.15, 0.2) is 17.5 Å². The van der Waals surface area contributed by atoms with Gasteiger partial charge in [0.1, 0.15) is 0 Å². The largest absolute Gasteiger partial charge is 0.309 e. The highest BCUT2D eigenvalue weighted by molar-refractivity contribution is 7.26. The van der Waals surface area contributed by atoms with E-state index in [0.29, 0.717) is 17.5 Å². The third-order valence-electron chi connectivity index (χ3n) is 12.1. The smallest absolute Gasteiger partial charge is 0.164 e. The van der Waals surface area contributed by atoms with Crippen molar-refractivity contribution in [3.8, 4) is 45.5 Å². The van der Waals surface area contributed by atoms with Crippen LogP contribution in [0, 0.1) is 0 Å². The van der Waals surface area contributed by atoms with E-state index in [1.54, 1.807) is 0 Å². The molecule has 0 spiro atoms. The van der Waals surface area contributed by atoms with Gasteiger partial charge in [-0.1, -0.05) is 140 Å². The van der Waals surface area contributed by atoms with Gasteiger partial charge in [-0.25, -0.2) is 15.0 Å². The van der Waals surface area contributed by atoms with Crippen LogP contribution < -0.4 is 0 Å². The number of benzene rings is 9. The molecule has 0 aliphatic rings. The molecule has 0 fully saturated rings. The zero-order valence-electron chi connectivity index (χ0n) is 32.7. The topological polar surface area (TPSA) is 48.5 Å². The summed E-state index contributed by atoms with van der Waals surface area (Å²) < 4.78 is 7.29. The Bertz CT molecular complexity index is 3810. The van der Waals surface area contributed by atoms with Gasteiger partial charge in [-0.2, -0.15) is 0 Å². The summed E-state index contributed by atoms with van der Waals surface area (Å²) in [6.45, 7) is 0. The van der Waals surface area contributed by atoms with Crippen LogP contribution in [0.3, 0.4) is 0 Å². The minimum Gasteiger partial charge on any atom is -0.309 e. The quantitative estimate of drug-likeness (QED) is 0.174. The van der Waals surface area contributed by atoms with Crippen LogP contribution in [0.4, 0.5) is 0 Å². The lowest BCUT2D eigenvalue weighted by Crippen LogP contribution is -2.00. The number of rotatable bonds is 5. The van der Waals surface area contributed by atoms with Crippen LogP contribution >= 0.6 is 11.3 Å². The fraction of sp³-hybridized carbons (Fsp3) is 0. The van der Waals surface area contributed by atoms with Gasteiger partial charge in [0.2, 0.25) is 0 Å². The average Bonchev–Trinajstić information content (AvgIpc) is 3.98. The Morgan fingerprint density at radius 2 is 0.820 bits per heavy atom. The van der Waals surface area contributed by atoms with Crippen molar-refractivity contribution in [1.82, 2.24) is 24.1 Å². The number of para-hydroxylation sites is 3. The first kappa shape index (κ1) is 34.0. The Kier molecular flexibility index (Phi) is 7.41. The minimum absolute atomic E-state index is 0.655. The normalized spacial score (nSPS) is 11.9. The van der Waals surface area contributed by atoms with Gasteiger partial charge in [-0.15, -0.1) is 11.3 Å². The number of hydrogen-bond donors (Lipinski definition) is 0. The Morgan fingerprint density at radius 3 is 1.44 bits per heavy atom. The van der Waals surface area contributed by atoms with Crippen LogP contribution in [0.5, 0.6) is 0 Å². The average molecular weight is 796 g/mol. The molecule has 0 aliphatic heterocycles. The lowest BCUT2D eigenvalue weighted by atomic mass is 9.98. The number of fused-ring (bicyclic) bond motifs is 11. The Hall–Kier alpha value is -7.93. The second-order valence-electron chi connectivity index (χ2n) is 15.6. The van der Waals surface area contributed by atoms with Crippen LogP contribution in [0.25, 0.3) is 120 Å². The summed E-state index contributed by atoms with van der Waals surface area (Å²) in [5.41, 5.74) is 9.94. The van der Waals surface area contributed by atoms with Gasteiger partial charge in [-0.3, -0.25) is 0 Å². The number of aromatic nitrogens is 5. The van der Waals surface area contributed by atoms with E-state index in [2.05, 4.69) is 173 Å². The fourth-order valence-electron chi connectivity index (χ4n) is 9.45. The number of nitrogens with zero attached hydrogens (tertiary/aromatic N) is 5. The van der Waals surface area contributed by atoms with E-state index >= 15 is 0 Å². The van der Waals surface area contributed by atoms with Crippen molar-refractivity contribution < 1.29 is 0 Å². The van der Waals surface area contributed by atoms with Crippen molar-refractivity contribution in [2.75, 3.05) is 0 Å². The highest BCUT2D eigenvalue weighted by atomic mass is 32.1. The maximum absolute atomic E-state index is 5.15. The molecule has 0 saturated heterocycles. The molecular formula is C55H33N5S. The molecule has 0 N–H and O–H groups in total. The van der Waals surface area contributed by atoms with Crippen molar-refractivity contribution in [1.29, 1.82) is 0 Å². The van der Waals surface area contributed by atoms with Crippen molar-refractivity contribution in [2.24, 2.45) is 0 Å². The molecule has 0 aliphatic carbocycles. The van der Waals surface area contributed by atoms with E-state index in [1.165, 1.54) is 69.2 Å². The molecule has 6 heteroatoms. The van der Waals surface area contributed by atoms with E-state index in [-0.39, 0.29) is 0 Å². The van der Waals surface area contributed by atoms with Gasteiger partial charge in [-0.05, 0) is 71.4 Å². The Morgan fingerprint density at radius 1 is 0.311 bits per heavy atom. The summed E-state index contributed by atoms with van der Waals surface area (Å²) >= 11 is 1.82. The maximum Gasteiger partial charge on any atom is 0.164 e. The number of hydrogen-bond acceptors (Lipinski definition) is 4. The molecule has 5 nitrogen and oxygen atoms in total. The minimum atomic E-state index is 0.655. The third kappa shape index (κ3) is 5.22. The summed E-state index contributed by atoms with van der Waals surface area (Å²) in [5.74, 6) is 1.97. The highest BCUT2D eigenvalue weighted by Crippen LogP contribution is 2.45. The molecule has 4 heterocycles. The predicted molar refractivity (Wildman–Crippen MR) is 255 cm³/mol. The third-order valence-corrected chi connectivity index (χ3v) is 13.3. The van der Waals surface area contributed by atoms with E-state index in [1.807, 2.05) is 47.7 Å². The first-order valence-corrected chi connectivity index (χ1v) is 21.3. The predicted octanol–water partition coefficient (Wildman–Crippen LogP) is 14.6. The first-order chi connectivity index (χ1) is 30.2. The second kappa shape index (κ2) is 13.3. The molecule has 9 aromatic carbocycles. The summed E-state index contributed by atoms with van der Waals surface area (Å²) in [7, 11) is 0. The van der Waals surface area contributed by atoms with Gasteiger partial charge >= 0.3 is 0 Å². The van der Waals surface area contributed by atoms with Crippen molar-refractivity contribution in [3.05, 3.63) is 200 Å². The van der Waals surface area contributed by atoms with Gasteiger partial charge < -0.3 is 9.13 Å². The highest BCUT2D eigenvalue weighted by Gasteiger charge is 2.21. The summed E-state index contributed by atoms with van der Waals surface area (Å²) in [5, 5.41) is 9.75. The van der Waals surface area contributed by atoms with Crippen LogP contribution in [-0.2, 0) is 0 Å². The lowest BCUT2D eigenvalue weighted by molar-refractivity contribution is 1.08. The molecule has 13 rings (SSSR count). The van der Waals surface area contributed by atoms with Gasteiger partial charge in [0.25, 0.3) is 0 Å². The summed E-state index contributed by atoms with van der Waals surface area (Å²) in [6, 6.07) is 71.4. The summed E-state index contributed by atoms with van der Waals surface area (Å²) in [6.07, 6.45) is 0. The first-order valence-electron chi connectivity index (χ1n) is 20.5. The zero-order valence-corrected chi connectivity index (χ0v) is 33.5. The van der Waals surface area contributed by atoms with Crippen molar-refractivity contribution in [2.45, 2.75) is 0 Å². The molecule has 4 aromatic heterocycles. The fourth-order valence-corrected chi connectivity index (χ4v) is 10.6. The van der Waals surface area contributed by atoms with Gasteiger partial charge in [0.05, 0.1) is 22.1 Å². The molecule has 0 atom stereocenters. The maximum atomic E-state index is 5.15. The van der Waals surface area contributed by atoms with Crippen LogP contribution in [-0.4, -0.2) is 24.1 Å². The molecular weight excluding hydrogens is 763 g/mol. The zero-order chi connectivity index (χ0) is 40.0. The molecule has 0 unspecified atom stereocenters. The molecule has 284 valence electrons. The lowest BCUT2D eigenvalue weighted by Gasteiger charge is -2.12. The second-order valence-corrected chi connectivity index (χ2v) is 16.7. The Labute approximate surface area is 354 Å². The van der Waals surface area contributed by atoms with Crippen LogP contribution in [0.2, 0.25) is 0 Å². The molecule has 0 radical (unpaired) electrons. The van der Waals surface area contributed by atoms with E-state index < -0.39 is 0 Å². The van der Waals surface area contributed by atoms with Crippen molar-refractivity contribution in [3.63, 3.8) is 0 Å². The number of thiophene rings is 1. The molecule has 61 heavy (non-hydrogen) atoms.